The van der Waals surface area contributed by atoms with E-state index in [-0.39, 0.29) is 17.3 Å². The van der Waals surface area contributed by atoms with Gasteiger partial charge in [-0.2, -0.15) is 0 Å². The lowest BCUT2D eigenvalue weighted by atomic mass is 9.91. The average Bonchev–Trinajstić information content (AvgIpc) is 2.66. The Labute approximate surface area is 159 Å². The Bertz CT molecular complexity index is 886. The number of pyridine rings is 1. The van der Waals surface area contributed by atoms with Gasteiger partial charge in [-0.05, 0) is 74.8 Å². The van der Waals surface area contributed by atoms with Crippen molar-refractivity contribution in [1.82, 2.24) is 9.47 Å². The maximum atomic E-state index is 13.0. The number of likely N-dealkylation sites (tertiary alicyclic amines) is 1. The van der Waals surface area contributed by atoms with Gasteiger partial charge < -0.3 is 9.47 Å². The quantitative estimate of drug-likeness (QED) is 0.825. The standard InChI is InChI=1S/C22H27FN2O2/c1-15-13-16(2)24(3)21(26)20(15)22(27)25-12-4-5-18(14-25)7-6-17-8-10-19(23)11-9-17/h8-11,13,18H,4-7,12,14H2,1-3H3/t18-/m1/s1. The van der Waals surface area contributed by atoms with Crippen LogP contribution in [0.25, 0.3) is 0 Å². The highest BCUT2D eigenvalue weighted by Gasteiger charge is 2.27. The van der Waals surface area contributed by atoms with Crippen LogP contribution < -0.4 is 5.56 Å². The normalized spacial score (nSPS) is 17.2. The molecule has 27 heavy (non-hydrogen) atoms. The molecule has 2 aromatic rings. The smallest absolute Gasteiger partial charge is 0.263 e. The minimum atomic E-state index is -0.219. The predicted octanol–water partition coefficient (Wildman–Crippen LogP) is 3.63. The summed E-state index contributed by atoms with van der Waals surface area (Å²) >= 11 is 0. The fraction of sp³-hybridized carbons (Fsp3) is 0.455. The van der Waals surface area contributed by atoms with Gasteiger partial charge in [0.25, 0.3) is 11.5 Å². The van der Waals surface area contributed by atoms with Crippen LogP contribution >= 0.6 is 0 Å². The van der Waals surface area contributed by atoms with Gasteiger partial charge in [0.1, 0.15) is 11.4 Å². The van der Waals surface area contributed by atoms with Crippen molar-refractivity contribution < 1.29 is 9.18 Å². The third-order valence-corrected chi connectivity index (χ3v) is 5.64. The number of halogens is 1. The number of rotatable bonds is 4. The maximum Gasteiger partial charge on any atom is 0.263 e. The highest BCUT2D eigenvalue weighted by Crippen LogP contribution is 2.23. The molecule has 0 spiro atoms. The lowest BCUT2D eigenvalue weighted by molar-refractivity contribution is 0.0665. The van der Waals surface area contributed by atoms with Gasteiger partial charge in [-0.3, -0.25) is 9.59 Å². The van der Waals surface area contributed by atoms with Crippen molar-refractivity contribution in [2.45, 2.75) is 39.5 Å². The van der Waals surface area contributed by atoms with Gasteiger partial charge in [-0.15, -0.1) is 0 Å². The zero-order valence-electron chi connectivity index (χ0n) is 16.3. The Kier molecular flexibility index (Phi) is 5.78. The van der Waals surface area contributed by atoms with Crippen molar-refractivity contribution in [1.29, 1.82) is 0 Å². The molecule has 5 heteroatoms. The van der Waals surface area contributed by atoms with Gasteiger partial charge >= 0.3 is 0 Å². The highest BCUT2D eigenvalue weighted by molar-refractivity contribution is 5.95. The summed E-state index contributed by atoms with van der Waals surface area (Å²) < 4.78 is 14.6. The Balaban J connectivity index is 1.69. The molecule has 0 radical (unpaired) electrons. The van der Waals surface area contributed by atoms with Gasteiger partial charge in [0.15, 0.2) is 0 Å². The molecule has 0 bridgehead atoms. The lowest BCUT2D eigenvalue weighted by Gasteiger charge is -2.33. The van der Waals surface area contributed by atoms with E-state index in [9.17, 15) is 14.0 Å². The SMILES string of the molecule is Cc1cc(C)n(C)c(=O)c1C(=O)N1CCC[C@H](CCc2ccc(F)cc2)C1. The van der Waals surface area contributed by atoms with E-state index in [1.165, 1.54) is 16.7 Å². The largest absolute Gasteiger partial charge is 0.338 e. The summed E-state index contributed by atoms with van der Waals surface area (Å²) in [6, 6.07) is 8.51. The van der Waals surface area contributed by atoms with Gasteiger partial charge in [0.2, 0.25) is 0 Å². The van der Waals surface area contributed by atoms with Crippen molar-refractivity contribution in [3.8, 4) is 0 Å². The van der Waals surface area contributed by atoms with E-state index in [1.54, 1.807) is 7.05 Å². The molecule has 144 valence electrons. The molecule has 0 saturated carbocycles. The predicted molar refractivity (Wildman–Crippen MR) is 105 cm³/mol. The van der Waals surface area contributed by atoms with Crippen LogP contribution in [0.2, 0.25) is 0 Å². The number of hydrogen-bond donors (Lipinski definition) is 0. The van der Waals surface area contributed by atoms with E-state index in [1.807, 2.05) is 36.9 Å². The molecule has 1 amide bonds. The van der Waals surface area contributed by atoms with Crippen LogP contribution in [0.15, 0.2) is 35.1 Å². The summed E-state index contributed by atoms with van der Waals surface area (Å²) in [6.07, 6.45) is 3.86. The maximum absolute atomic E-state index is 13.0. The Hall–Kier alpha value is -2.43. The first kappa shape index (κ1) is 19.3. The molecule has 3 rings (SSSR count). The topological polar surface area (TPSA) is 42.3 Å². The molecular weight excluding hydrogens is 343 g/mol. The monoisotopic (exact) mass is 370 g/mol. The van der Waals surface area contributed by atoms with Crippen molar-refractivity contribution in [3.63, 3.8) is 0 Å². The Morgan fingerprint density at radius 1 is 1.22 bits per heavy atom. The van der Waals surface area contributed by atoms with Crippen LogP contribution in [0.4, 0.5) is 4.39 Å². The van der Waals surface area contributed by atoms with Gasteiger partial charge in [0, 0.05) is 25.8 Å². The second-order valence-corrected chi connectivity index (χ2v) is 7.63. The Morgan fingerprint density at radius 2 is 1.93 bits per heavy atom. The van der Waals surface area contributed by atoms with E-state index < -0.39 is 0 Å². The minimum absolute atomic E-state index is 0.153. The van der Waals surface area contributed by atoms with E-state index in [2.05, 4.69) is 0 Å². The van der Waals surface area contributed by atoms with Crippen LogP contribution in [-0.4, -0.2) is 28.5 Å². The van der Waals surface area contributed by atoms with Crippen molar-refractivity contribution >= 4 is 5.91 Å². The molecule has 1 aliphatic heterocycles. The molecule has 1 aromatic heterocycles. The van der Waals surface area contributed by atoms with Crippen LogP contribution in [-0.2, 0) is 13.5 Å². The van der Waals surface area contributed by atoms with Gasteiger partial charge in [-0.25, -0.2) is 4.39 Å². The van der Waals surface area contributed by atoms with Crippen molar-refractivity contribution in [2.24, 2.45) is 13.0 Å². The molecule has 1 atom stereocenters. The molecule has 0 aliphatic carbocycles. The van der Waals surface area contributed by atoms with E-state index in [0.717, 1.165) is 42.5 Å². The summed E-state index contributed by atoms with van der Waals surface area (Å²) in [5.74, 6) is 0.0326. The lowest BCUT2D eigenvalue weighted by Crippen LogP contribution is -2.43. The highest BCUT2D eigenvalue weighted by atomic mass is 19.1. The van der Waals surface area contributed by atoms with E-state index in [0.29, 0.717) is 24.6 Å². The first-order chi connectivity index (χ1) is 12.9. The number of carbonyl (C=O) groups excluding carboxylic acids is 1. The fourth-order valence-corrected chi connectivity index (χ4v) is 3.90. The van der Waals surface area contributed by atoms with Gasteiger partial charge in [0.05, 0.1) is 0 Å². The van der Waals surface area contributed by atoms with Gasteiger partial charge in [-0.1, -0.05) is 12.1 Å². The summed E-state index contributed by atoms with van der Waals surface area (Å²) in [5.41, 5.74) is 2.79. The second-order valence-electron chi connectivity index (χ2n) is 7.63. The summed E-state index contributed by atoms with van der Waals surface area (Å²) in [7, 11) is 1.70. The number of aryl methyl sites for hydroxylation is 3. The molecule has 0 N–H and O–H groups in total. The number of aromatic nitrogens is 1. The first-order valence-corrected chi connectivity index (χ1v) is 9.57. The number of benzene rings is 1. The molecule has 1 saturated heterocycles. The number of amides is 1. The molecule has 1 fully saturated rings. The molecule has 0 unspecified atom stereocenters. The number of nitrogens with zero attached hydrogens (tertiary/aromatic N) is 2. The second kappa shape index (κ2) is 8.07. The summed E-state index contributed by atoms with van der Waals surface area (Å²) in [4.78, 5) is 27.5. The van der Waals surface area contributed by atoms with Crippen LogP contribution in [0.5, 0.6) is 0 Å². The summed E-state index contributed by atoms with van der Waals surface area (Å²) in [5, 5.41) is 0. The molecule has 4 nitrogen and oxygen atoms in total. The van der Waals surface area contributed by atoms with E-state index in [4.69, 9.17) is 0 Å². The molecule has 1 aliphatic rings. The van der Waals surface area contributed by atoms with Crippen LogP contribution in [0.3, 0.4) is 0 Å². The number of hydrogen-bond acceptors (Lipinski definition) is 2. The van der Waals surface area contributed by atoms with Crippen molar-refractivity contribution in [2.75, 3.05) is 13.1 Å². The zero-order chi connectivity index (χ0) is 19.6. The third-order valence-electron chi connectivity index (χ3n) is 5.64. The Morgan fingerprint density at radius 3 is 2.63 bits per heavy atom. The zero-order valence-corrected chi connectivity index (χ0v) is 16.3. The molecular formula is C22H27FN2O2. The summed E-state index contributed by atoms with van der Waals surface area (Å²) in [6.45, 7) is 5.07. The number of piperidine rings is 1. The van der Waals surface area contributed by atoms with E-state index >= 15 is 0 Å². The first-order valence-electron chi connectivity index (χ1n) is 9.57. The van der Waals surface area contributed by atoms with Crippen LogP contribution in [0, 0.1) is 25.6 Å². The number of carbonyl (C=O) groups is 1. The average molecular weight is 370 g/mol. The molecule has 1 aromatic carbocycles. The van der Waals surface area contributed by atoms with Crippen molar-refractivity contribution in [3.05, 3.63) is 68.9 Å². The van der Waals surface area contributed by atoms with Crippen LogP contribution in [0.1, 0.15) is 46.4 Å². The fourth-order valence-electron chi connectivity index (χ4n) is 3.90. The molecule has 2 heterocycles. The minimum Gasteiger partial charge on any atom is -0.338 e. The third kappa shape index (κ3) is 4.29.